The van der Waals surface area contributed by atoms with Gasteiger partial charge in [-0.1, -0.05) is 18.2 Å². The smallest absolute Gasteiger partial charge is 0.269 e. The van der Waals surface area contributed by atoms with Gasteiger partial charge in [-0.15, -0.1) is 11.3 Å². The van der Waals surface area contributed by atoms with Crippen molar-refractivity contribution in [2.75, 3.05) is 0 Å². The molecule has 0 fully saturated rings. The normalized spacial score (nSPS) is 11.6. The van der Waals surface area contributed by atoms with Gasteiger partial charge in [0.1, 0.15) is 33.9 Å². The van der Waals surface area contributed by atoms with Crippen molar-refractivity contribution >= 4 is 38.8 Å². The zero-order chi connectivity index (χ0) is 22.1. The van der Waals surface area contributed by atoms with Crippen molar-refractivity contribution in [2.45, 2.75) is 0 Å². The second-order valence-electron chi connectivity index (χ2n) is 6.78. The molecule has 154 valence electrons. The largest absolute Gasteiger partial charge is 0.438 e. The van der Waals surface area contributed by atoms with Crippen molar-refractivity contribution in [1.82, 2.24) is 14.4 Å². The van der Waals surface area contributed by atoms with Crippen molar-refractivity contribution in [3.63, 3.8) is 0 Å². The number of nitriles is 1. The van der Waals surface area contributed by atoms with Gasteiger partial charge >= 0.3 is 0 Å². The number of allylic oxidation sites excluding steroid dienone is 1. The van der Waals surface area contributed by atoms with E-state index in [0.29, 0.717) is 16.4 Å². The van der Waals surface area contributed by atoms with Crippen molar-refractivity contribution in [3.8, 4) is 17.7 Å². The van der Waals surface area contributed by atoms with E-state index in [2.05, 4.69) is 16.0 Å². The van der Waals surface area contributed by atoms with Gasteiger partial charge in [-0.25, -0.2) is 9.37 Å². The summed E-state index contributed by atoms with van der Waals surface area (Å²) in [6, 6.07) is 20.2. The lowest BCUT2D eigenvalue weighted by Crippen LogP contribution is -2.18. The van der Waals surface area contributed by atoms with Gasteiger partial charge in [0.05, 0.1) is 15.8 Å². The van der Waals surface area contributed by atoms with Crippen LogP contribution in [0.5, 0.6) is 11.6 Å². The molecular weight excluding hydrogens is 427 g/mol. The summed E-state index contributed by atoms with van der Waals surface area (Å²) in [7, 11) is 0. The highest BCUT2D eigenvalue weighted by atomic mass is 32.1. The molecule has 0 aliphatic heterocycles. The Hall–Kier alpha value is -4.35. The van der Waals surface area contributed by atoms with Crippen molar-refractivity contribution in [3.05, 3.63) is 99.7 Å². The number of ether oxygens (including phenoxy) is 1. The Bertz CT molecular complexity index is 1560. The molecule has 0 saturated heterocycles. The van der Waals surface area contributed by atoms with Gasteiger partial charge in [-0.3, -0.25) is 9.20 Å². The number of halogens is 1. The highest BCUT2D eigenvalue weighted by Gasteiger charge is 2.17. The minimum atomic E-state index is -0.411. The lowest BCUT2D eigenvalue weighted by atomic mass is 10.2. The molecule has 5 aromatic rings. The van der Waals surface area contributed by atoms with Gasteiger partial charge in [-0.05, 0) is 54.6 Å². The van der Waals surface area contributed by atoms with Crippen LogP contribution in [0.2, 0.25) is 0 Å². The predicted octanol–water partition coefficient (Wildman–Crippen LogP) is 5.30. The fraction of sp³-hybridized carbons (Fsp3) is 0. The van der Waals surface area contributed by atoms with E-state index in [1.54, 1.807) is 24.4 Å². The molecule has 32 heavy (non-hydrogen) atoms. The van der Waals surface area contributed by atoms with Crippen LogP contribution in [0.4, 0.5) is 4.39 Å². The second-order valence-corrected chi connectivity index (χ2v) is 7.81. The predicted molar refractivity (Wildman–Crippen MR) is 121 cm³/mol. The summed E-state index contributed by atoms with van der Waals surface area (Å²) in [5.41, 5.74) is 1.05. The number of fused-ring (bicyclic) bond motifs is 2. The second kappa shape index (κ2) is 8.06. The third-order valence-electron chi connectivity index (χ3n) is 4.70. The Balaban J connectivity index is 1.70. The van der Waals surface area contributed by atoms with E-state index in [0.717, 1.165) is 10.2 Å². The Morgan fingerprint density at radius 3 is 2.62 bits per heavy atom. The third kappa shape index (κ3) is 3.62. The van der Waals surface area contributed by atoms with E-state index in [-0.39, 0.29) is 17.0 Å². The average Bonchev–Trinajstić information content (AvgIpc) is 3.24. The van der Waals surface area contributed by atoms with Crippen LogP contribution in [-0.2, 0) is 0 Å². The maximum atomic E-state index is 13.3. The van der Waals surface area contributed by atoms with Gasteiger partial charge < -0.3 is 4.74 Å². The van der Waals surface area contributed by atoms with Gasteiger partial charge in [0.25, 0.3) is 5.56 Å². The molecule has 0 aliphatic carbocycles. The Labute approximate surface area is 185 Å². The first-order valence-corrected chi connectivity index (χ1v) is 10.4. The molecule has 3 aromatic heterocycles. The minimum absolute atomic E-state index is 0.0154. The number of thiazole rings is 1. The van der Waals surface area contributed by atoms with E-state index < -0.39 is 11.4 Å². The fourth-order valence-electron chi connectivity index (χ4n) is 3.17. The summed E-state index contributed by atoms with van der Waals surface area (Å²) in [4.78, 5) is 22.2. The van der Waals surface area contributed by atoms with E-state index in [1.807, 2.05) is 24.3 Å². The summed E-state index contributed by atoms with van der Waals surface area (Å²) in [6.45, 7) is 0. The molecule has 0 N–H and O–H groups in total. The fourth-order valence-corrected chi connectivity index (χ4v) is 4.10. The number of hydrogen-bond acceptors (Lipinski definition) is 6. The lowest BCUT2D eigenvalue weighted by molar-refractivity contribution is 0.459. The van der Waals surface area contributed by atoms with Crippen LogP contribution >= 0.6 is 11.3 Å². The molecule has 0 amide bonds. The molecule has 0 atom stereocenters. The van der Waals surface area contributed by atoms with Crippen molar-refractivity contribution in [1.29, 1.82) is 5.26 Å². The average molecular weight is 440 g/mol. The van der Waals surface area contributed by atoms with E-state index >= 15 is 0 Å². The summed E-state index contributed by atoms with van der Waals surface area (Å²) < 4.78 is 21.4. The van der Waals surface area contributed by atoms with Crippen LogP contribution in [0.3, 0.4) is 0 Å². The summed E-state index contributed by atoms with van der Waals surface area (Å²) in [5.74, 6) is -0.0833. The van der Waals surface area contributed by atoms with Crippen molar-refractivity contribution in [2.24, 2.45) is 0 Å². The quantitative estimate of drug-likeness (QED) is 0.354. The molecule has 0 aliphatic rings. The first-order chi connectivity index (χ1) is 15.6. The van der Waals surface area contributed by atoms with Crippen LogP contribution in [0, 0.1) is 17.1 Å². The Morgan fingerprint density at radius 1 is 1.06 bits per heavy atom. The van der Waals surface area contributed by atoms with Crippen LogP contribution in [0.25, 0.3) is 27.5 Å². The first-order valence-electron chi connectivity index (χ1n) is 9.55. The number of rotatable bonds is 4. The molecule has 8 heteroatoms. The number of hydrogen-bond donors (Lipinski definition) is 0. The summed E-state index contributed by atoms with van der Waals surface area (Å²) in [5, 5.41) is 10.3. The molecular formula is C24H13FN4O2S. The lowest BCUT2D eigenvalue weighted by Gasteiger charge is -2.10. The minimum Gasteiger partial charge on any atom is -0.438 e. The molecule has 0 spiro atoms. The Morgan fingerprint density at radius 2 is 1.84 bits per heavy atom. The molecule has 0 bridgehead atoms. The van der Waals surface area contributed by atoms with Crippen LogP contribution in [0.1, 0.15) is 10.6 Å². The van der Waals surface area contributed by atoms with Crippen molar-refractivity contribution < 1.29 is 9.13 Å². The number of nitrogens with zero attached hydrogens (tertiary/aromatic N) is 4. The van der Waals surface area contributed by atoms with E-state index in [4.69, 9.17) is 4.74 Å². The molecule has 0 unspecified atom stereocenters. The van der Waals surface area contributed by atoms with E-state index in [1.165, 1.54) is 46.1 Å². The molecule has 2 aromatic carbocycles. The molecule has 3 heterocycles. The highest BCUT2D eigenvalue weighted by molar-refractivity contribution is 7.19. The SMILES string of the molecule is N#C/C(=C\c1c(Oc2ccc(F)cc2)nc2ccccn2c1=O)c1nc2ccccc2s1. The number of aromatic nitrogens is 3. The number of para-hydroxylation sites is 1. The highest BCUT2D eigenvalue weighted by Crippen LogP contribution is 2.30. The molecule has 6 nitrogen and oxygen atoms in total. The maximum Gasteiger partial charge on any atom is 0.269 e. The molecule has 0 saturated carbocycles. The summed E-state index contributed by atoms with van der Waals surface area (Å²) >= 11 is 1.36. The van der Waals surface area contributed by atoms with Crippen LogP contribution in [0.15, 0.2) is 77.7 Å². The van der Waals surface area contributed by atoms with Gasteiger partial charge in [0.2, 0.25) is 5.88 Å². The van der Waals surface area contributed by atoms with Gasteiger partial charge in [-0.2, -0.15) is 10.2 Å². The number of pyridine rings is 1. The zero-order valence-corrected chi connectivity index (χ0v) is 17.2. The van der Waals surface area contributed by atoms with E-state index in [9.17, 15) is 14.4 Å². The monoisotopic (exact) mass is 440 g/mol. The molecule has 5 rings (SSSR count). The van der Waals surface area contributed by atoms with Crippen LogP contribution < -0.4 is 10.3 Å². The first kappa shape index (κ1) is 19.6. The third-order valence-corrected chi connectivity index (χ3v) is 5.77. The Kier molecular flexibility index (Phi) is 4.94. The molecule has 0 radical (unpaired) electrons. The van der Waals surface area contributed by atoms with Crippen LogP contribution in [-0.4, -0.2) is 14.4 Å². The van der Waals surface area contributed by atoms with Gasteiger partial charge in [0.15, 0.2) is 0 Å². The summed E-state index contributed by atoms with van der Waals surface area (Å²) in [6.07, 6.45) is 3.03. The standard InChI is InChI=1S/C24H13FN4O2S/c25-16-8-10-17(11-9-16)31-22-18(24(30)29-12-4-3-7-21(29)28-22)13-15(14-26)23-27-19-5-1-2-6-20(19)32-23/h1-13H/b15-13+. The maximum absolute atomic E-state index is 13.3. The number of benzene rings is 2. The topological polar surface area (TPSA) is 80.3 Å². The zero-order valence-electron chi connectivity index (χ0n) is 16.4. The van der Waals surface area contributed by atoms with Gasteiger partial charge in [0, 0.05) is 6.20 Å².